The van der Waals surface area contributed by atoms with Crippen molar-refractivity contribution in [2.75, 3.05) is 38.8 Å². The Bertz CT molecular complexity index is 1280. The van der Waals surface area contributed by atoms with Crippen LogP contribution in [0.3, 0.4) is 0 Å². The number of imide groups is 1. The molecular weight excluding hydrogens is 498 g/mol. The number of anilines is 1. The van der Waals surface area contributed by atoms with E-state index in [4.69, 9.17) is 14.2 Å². The van der Waals surface area contributed by atoms with Gasteiger partial charge in [-0.05, 0) is 69.4 Å². The molecular formula is C30H37N3O6. The van der Waals surface area contributed by atoms with Gasteiger partial charge in [0.05, 0.1) is 42.6 Å². The summed E-state index contributed by atoms with van der Waals surface area (Å²) in [6.45, 7) is 6.09. The van der Waals surface area contributed by atoms with Gasteiger partial charge < -0.3 is 24.4 Å². The van der Waals surface area contributed by atoms with Crippen LogP contribution in [0.1, 0.15) is 65.8 Å². The topological polar surface area (TPSA) is 97.4 Å². The number of rotatable bonds is 7. The van der Waals surface area contributed by atoms with Crippen molar-refractivity contribution >= 4 is 23.4 Å². The fourth-order valence-electron chi connectivity index (χ4n) is 6.03. The van der Waals surface area contributed by atoms with Crippen LogP contribution in [0.15, 0.2) is 36.4 Å². The molecule has 2 fully saturated rings. The molecule has 2 aromatic rings. The van der Waals surface area contributed by atoms with Crippen LogP contribution in [0, 0.1) is 5.92 Å². The zero-order valence-electron chi connectivity index (χ0n) is 23.1. The van der Waals surface area contributed by atoms with Crippen molar-refractivity contribution in [3.05, 3.63) is 53.1 Å². The van der Waals surface area contributed by atoms with E-state index in [-0.39, 0.29) is 35.3 Å². The molecule has 0 aliphatic carbocycles. The molecule has 9 nitrogen and oxygen atoms in total. The fraction of sp³-hybridized carbons (Fsp3) is 0.500. The minimum absolute atomic E-state index is 0.0319. The Morgan fingerprint density at radius 1 is 1.08 bits per heavy atom. The minimum Gasteiger partial charge on any atom is -0.493 e. The maximum Gasteiger partial charge on any atom is 0.263 e. The summed E-state index contributed by atoms with van der Waals surface area (Å²) < 4.78 is 16.5. The minimum atomic E-state index is -0.383. The predicted molar refractivity (Wildman–Crippen MR) is 146 cm³/mol. The molecule has 9 heteroatoms. The molecule has 0 saturated carbocycles. The van der Waals surface area contributed by atoms with Crippen LogP contribution < -0.4 is 19.7 Å². The van der Waals surface area contributed by atoms with Crippen LogP contribution in [-0.4, -0.2) is 68.2 Å². The maximum absolute atomic E-state index is 13.7. The quantitative estimate of drug-likeness (QED) is 0.539. The molecule has 0 radical (unpaired) electrons. The van der Waals surface area contributed by atoms with Crippen molar-refractivity contribution in [2.24, 2.45) is 5.92 Å². The Morgan fingerprint density at radius 3 is 2.62 bits per heavy atom. The number of ether oxygens (including phenoxy) is 3. The van der Waals surface area contributed by atoms with Crippen molar-refractivity contribution in [3.63, 3.8) is 0 Å². The first-order chi connectivity index (χ1) is 18.7. The van der Waals surface area contributed by atoms with Gasteiger partial charge in [0.15, 0.2) is 11.5 Å². The number of amides is 3. The van der Waals surface area contributed by atoms with E-state index in [0.717, 1.165) is 30.6 Å². The second-order valence-corrected chi connectivity index (χ2v) is 11.1. The van der Waals surface area contributed by atoms with Crippen LogP contribution in [0.25, 0.3) is 0 Å². The van der Waals surface area contributed by atoms with Crippen LogP contribution in [0.2, 0.25) is 0 Å². The summed E-state index contributed by atoms with van der Waals surface area (Å²) in [5, 5.41) is 3.05. The van der Waals surface area contributed by atoms with E-state index in [1.165, 1.54) is 4.90 Å². The molecule has 3 aliphatic heterocycles. The lowest BCUT2D eigenvalue weighted by atomic mass is 9.93. The second-order valence-electron chi connectivity index (χ2n) is 11.1. The molecule has 208 valence electrons. The standard InChI is InChI=1S/C30H37N3O6/c1-30(2)16-21(12-14-39-30)33-28(35)22-8-5-9-23(26(22)29(33)36)32-13-6-7-20(18-32)27(34)31-17-19-10-11-24(37-3)25(15-19)38-4/h5,8-11,15,20-21H,6-7,12-14,16-18H2,1-4H3,(H,31,34)/t20-,21+/m1/s1. The summed E-state index contributed by atoms with van der Waals surface area (Å²) in [6, 6.07) is 10.8. The average Bonchev–Trinajstić information content (AvgIpc) is 3.20. The van der Waals surface area contributed by atoms with E-state index < -0.39 is 0 Å². The molecule has 0 spiro atoms. The summed E-state index contributed by atoms with van der Waals surface area (Å²) in [5.74, 6) is 0.514. The lowest BCUT2D eigenvalue weighted by Crippen LogP contribution is -2.48. The smallest absolute Gasteiger partial charge is 0.263 e. The Kier molecular flexibility index (Phi) is 7.53. The molecule has 3 aliphatic rings. The van der Waals surface area contributed by atoms with E-state index in [9.17, 15) is 14.4 Å². The Balaban J connectivity index is 1.29. The summed E-state index contributed by atoms with van der Waals surface area (Å²) in [7, 11) is 3.17. The highest BCUT2D eigenvalue weighted by molar-refractivity contribution is 6.24. The molecule has 0 unspecified atom stereocenters. The van der Waals surface area contributed by atoms with Gasteiger partial charge in [0.1, 0.15) is 0 Å². The molecule has 3 heterocycles. The molecule has 2 atom stereocenters. The SMILES string of the molecule is COc1ccc(CNC(=O)[C@@H]2CCCN(c3cccc4c3C(=O)N([C@H]3CCOC(C)(C)C3)C4=O)C2)cc1OC. The van der Waals surface area contributed by atoms with Gasteiger partial charge in [-0.1, -0.05) is 12.1 Å². The highest BCUT2D eigenvalue weighted by Gasteiger charge is 2.45. The number of methoxy groups -OCH3 is 2. The number of nitrogens with zero attached hydrogens (tertiary/aromatic N) is 2. The maximum atomic E-state index is 13.7. The number of nitrogens with one attached hydrogen (secondary N) is 1. The predicted octanol–water partition coefficient (Wildman–Crippen LogP) is 3.79. The van der Waals surface area contributed by atoms with Crippen molar-refractivity contribution in [1.82, 2.24) is 10.2 Å². The first-order valence-electron chi connectivity index (χ1n) is 13.6. The van der Waals surface area contributed by atoms with Crippen molar-refractivity contribution in [1.29, 1.82) is 0 Å². The highest BCUT2D eigenvalue weighted by atomic mass is 16.5. The number of carbonyl (C=O) groups excluding carboxylic acids is 3. The molecule has 5 rings (SSSR count). The molecule has 39 heavy (non-hydrogen) atoms. The van der Waals surface area contributed by atoms with Crippen molar-refractivity contribution in [2.45, 2.75) is 57.7 Å². The lowest BCUT2D eigenvalue weighted by Gasteiger charge is -2.39. The largest absolute Gasteiger partial charge is 0.493 e. The summed E-state index contributed by atoms with van der Waals surface area (Å²) in [4.78, 5) is 43.8. The van der Waals surface area contributed by atoms with Crippen LogP contribution in [0.4, 0.5) is 5.69 Å². The van der Waals surface area contributed by atoms with E-state index in [1.807, 2.05) is 44.2 Å². The van der Waals surface area contributed by atoms with E-state index in [0.29, 0.717) is 55.2 Å². The molecule has 2 aromatic carbocycles. The number of piperidine rings is 1. The van der Waals surface area contributed by atoms with Gasteiger partial charge in [0, 0.05) is 32.3 Å². The first kappa shape index (κ1) is 27.0. The Labute approximate surface area is 229 Å². The third-order valence-electron chi connectivity index (χ3n) is 8.01. The number of benzene rings is 2. The average molecular weight is 536 g/mol. The van der Waals surface area contributed by atoms with Crippen molar-refractivity contribution < 1.29 is 28.6 Å². The van der Waals surface area contributed by atoms with E-state index in [1.54, 1.807) is 20.3 Å². The third kappa shape index (κ3) is 5.32. The normalized spacial score (nSPS) is 22.5. The van der Waals surface area contributed by atoms with Gasteiger partial charge in [0.25, 0.3) is 11.8 Å². The summed E-state index contributed by atoms with van der Waals surface area (Å²) in [5.41, 5.74) is 2.16. The van der Waals surface area contributed by atoms with Crippen LogP contribution in [0.5, 0.6) is 11.5 Å². The zero-order valence-corrected chi connectivity index (χ0v) is 23.1. The molecule has 1 N–H and O–H groups in total. The zero-order chi connectivity index (χ0) is 27.7. The second kappa shape index (κ2) is 10.9. The fourth-order valence-corrected chi connectivity index (χ4v) is 6.03. The first-order valence-corrected chi connectivity index (χ1v) is 13.6. The van der Waals surface area contributed by atoms with Gasteiger partial charge in [0.2, 0.25) is 5.91 Å². The third-order valence-corrected chi connectivity index (χ3v) is 8.01. The number of carbonyl (C=O) groups is 3. The number of fused-ring (bicyclic) bond motifs is 1. The van der Waals surface area contributed by atoms with Gasteiger partial charge in [-0.25, -0.2) is 0 Å². The highest BCUT2D eigenvalue weighted by Crippen LogP contribution is 2.38. The lowest BCUT2D eigenvalue weighted by molar-refractivity contribution is -0.125. The van der Waals surface area contributed by atoms with Crippen LogP contribution >= 0.6 is 0 Å². The number of hydrogen-bond acceptors (Lipinski definition) is 7. The van der Waals surface area contributed by atoms with Gasteiger partial charge in [-0.3, -0.25) is 19.3 Å². The van der Waals surface area contributed by atoms with E-state index >= 15 is 0 Å². The van der Waals surface area contributed by atoms with Gasteiger partial charge >= 0.3 is 0 Å². The Hall–Kier alpha value is -3.59. The van der Waals surface area contributed by atoms with Crippen molar-refractivity contribution in [3.8, 4) is 11.5 Å². The van der Waals surface area contributed by atoms with Gasteiger partial charge in [-0.2, -0.15) is 0 Å². The number of hydrogen-bond donors (Lipinski definition) is 1. The summed E-state index contributed by atoms with van der Waals surface area (Å²) >= 11 is 0. The summed E-state index contributed by atoms with van der Waals surface area (Å²) in [6.07, 6.45) is 2.83. The van der Waals surface area contributed by atoms with Gasteiger partial charge in [-0.15, -0.1) is 0 Å². The molecule has 0 aromatic heterocycles. The van der Waals surface area contributed by atoms with Crippen LogP contribution in [-0.2, 0) is 16.1 Å². The molecule has 3 amide bonds. The monoisotopic (exact) mass is 535 g/mol. The molecule has 2 saturated heterocycles. The molecule has 0 bridgehead atoms. The van der Waals surface area contributed by atoms with E-state index in [2.05, 4.69) is 10.2 Å². The Morgan fingerprint density at radius 2 is 1.87 bits per heavy atom.